The number of para-hydroxylation sites is 1. The molecule has 0 atom stereocenters. The Bertz CT molecular complexity index is 851. The molecule has 0 aromatic heterocycles. The molecular formula is C19H24N2O3S. The molecule has 0 bridgehead atoms. The highest BCUT2D eigenvalue weighted by molar-refractivity contribution is 7.92. The lowest BCUT2D eigenvalue weighted by molar-refractivity contribution is 0.0919. The Morgan fingerprint density at radius 1 is 1.00 bits per heavy atom. The number of rotatable bonds is 5. The first-order valence-corrected chi connectivity index (χ1v) is 9.64. The SMILES string of the molecule is CCc1ccccc1NS(=O)(=O)c1ccc(C(=O)NC(C)(C)C)cc1. The van der Waals surface area contributed by atoms with Gasteiger partial charge >= 0.3 is 0 Å². The number of sulfonamides is 1. The summed E-state index contributed by atoms with van der Waals surface area (Å²) in [4.78, 5) is 12.2. The van der Waals surface area contributed by atoms with Gasteiger partial charge in [-0.2, -0.15) is 0 Å². The Labute approximate surface area is 149 Å². The third kappa shape index (κ3) is 5.06. The number of hydrogen-bond donors (Lipinski definition) is 2. The molecular weight excluding hydrogens is 336 g/mol. The molecule has 0 aliphatic rings. The molecule has 0 saturated heterocycles. The Kier molecular flexibility index (Phi) is 5.52. The van der Waals surface area contributed by atoms with E-state index in [4.69, 9.17) is 0 Å². The van der Waals surface area contributed by atoms with Gasteiger partial charge < -0.3 is 5.32 Å². The molecule has 134 valence electrons. The van der Waals surface area contributed by atoms with Crippen molar-refractivity contribution < 1.29 is 13.2 Å². The highest BCUT2D eigenvalue weighted by Gasteiger charge is 2.18. The van der Waals surface area contributed by atoms with Crippen LogP contribution >= 0.6 is 0 Å². The van der Waals surface area contributed by atoms with Crippen molar-refractivity contribution in [2.24, 2.45) is 0 Å². The van der Waals surface area contributed by atoms with E-state index < -0.39 is 10.0 Å². The summed E-state index contributed by atoms with van der Waals surface area (Å²) in [6.45, 7) is 7.63. The Balaban J connectivity index is 2.22. The minimum absolute atomic E-state index is 0.116. The van der Waals surface area contributed by atoms with Crippen molar-refractivity contribution in [1.82, 2.24) is 5.32 Å². The van der Waals surface area contributed by atoms with Gasteiger partial charge in [-0.15, -0.1) is 0 Å². The molecule has 0 aliphatic carbocycles. The second-order valence-electron chi connectivity index (χ2n) is 6.84. The van der Waals surface area contributed by atoms with Crippen LogP contribution in [0.25, 0.3) is 0 Å². The van der Waals surface area contributed by atoms with E-state index in [9.17, 15) is 13.2 Å². The van der Waals surface area contributed by atoms with Gasteiger partial charge in [0.1, 0.15) is 0 Å². The molecule has 2 aromatic rings. The molecule has 2 N–H and O–H groups in total. The number of hydrogen-bond acceptors (Lipinski definition) is 3. The van der Waals surface area contributed by atoms with E-state index in [-0.39, 0.29) is 16.3 Å². The summed E-state index contributed by atoms with van der Waals surface area (Å²) in [6, 6.07) is 13.2. The number of benzene rings is 2. The summed E-state index contributed by atoms with van der Waals surface area (Å²) >= 11 is 0. The number of carbonyl (C=O) groups is 1. The monoisotopic (exact) mass is 360 g/mol. The molecule has 2 rings (SSSR count). The van der Waals surface area contributed by atoms with Crippen molar-refractivity contribution in [2.75, 3.05) is 4.72 Å². The molecule has 0 radical (unpaired) electrons. The normalized spacial score (nSPS) is 11.8. The standard InChI is InChI=1S/C19H24N2O3S/c1-5-14-8-6-7-9-17(14)21-25(23,24)16-12-10-15(11-13-16)18(22)20-19(2,3)4/h6-13,21H,5H2,1-4H3,(H,20,22). The first-order chi connectivity index (χ1) is 11.6. The molecule has 5 nitrogen and oxygen atoms in total. The fourth-order valence-corrected chi connectivity index (χ4v) is 3.43. The quantitative estimate of drug-likeness (QED) is 0.856. The van der Waals surface area contributed by atoms with Crippen LogP contribution in [0.5, 0.6) is 0 Å². The van der Waals surface area contributed by atoms with Gasteiger partial charge in [-0.3, -0.25) is 9.52 Å². The molecule has 1 amide bonds. The first-order valence-electron chi connectivity index (χ1n) is 8.16. The molecule has 25 heavy (non-hydrogen) atoms. The summed E-state index contributed by atoms with van der Waals surface area (Å²) in [7, 11) is -3.71. The molecule has 6 heteroatoms. The van der Waals surface area contributed by atoms with Crippen molar-refractivity contribution in [1.29, 1.82) is 0 Å². The summed E-state index contributed by atoms with van der Waals surface area (Å²) in [6.07, 6.45) is 0.727. The van der Waals surface area contributed by atoms with Crippen LogP contribution < -0.4 is 10.0 Å². The summed E-state index contributed by atoms with van der Waals surface area (Å²) in [5.41, 5.74) is 1.56. The average molecular weight is 360 g/mol. The lowest BCUT2D eigenvalue weighted by atomic mass is 10.1. The van der Waals surface area contributed by atoms with Crippen LogP contribution in [0, 0.1) is 0 Å². The van der Waals surface area contributed by atoms with Crippen LogP contribution in [-0.2, 0) is 16.4 Å². The van der Waals surface area contributed by atoms with Crippen LogP contribution in [0.1, 0.15) is 43.6 Å². The van der Waals surface area contributed by atoms with E-state index >= 15 is 0 Å². The van der Waals surface area contributed by atoms with Gasteiger partial charge in [-0.05, 0) is 63.1 Å². The molecule has 0 unspecified atom stereocenters. The maximum Gasteiger partial charge on any atom is 0.261 e. The second kappa shape index (κ2) is 7.27. The van der Waals surface area contributed by atoms with E-state index in [1.165, 1.54) is 24.3 Å². The van der Waals surface area contributed by atoms with Gasteiger partial charge in [0.05, 0.1) is 10.6 Å². The van der Waals surface area contributed by atoms with Gasteiger partial charge in [0.25, 0.3) is 15.9 Å². The summed E-state index contributed by atoms with van der Waals surface area (Å²) in [5.74, 6) is -0.235. The number of aryl methyl sites for hydroxylation is 1. The van der Waals surface area contributed by atoms with Gasteiger partial charge in [0, 0.05) is 11.1 Å². The van der Waals surface area contributed by atoms with E-state index in [0.717, 1.165) is 12.0 Å². The van der Waals surface area contributed by atoms with Gasteiger partial charge in [0.2, 0.25) is 0 Å². The predicted molar refractivity (Wildman–Crippen MR) is 100 cm³/mol. The molecule has 0 fully saturated rings. The van der Waals surface area contributed by atoms with Crippen LogP contribution in [-0.4, -0.2) is 19.9 Å². The van der Waals surface area contributed by atoms with Crippen LogP contribution in [0.4, 0.5) is 5.69 Å². The molecule has 0 spiro atoms. The smallest absolute Gasteiger partial charge is 0.261 e. The predicted octanol–water partition coefficient (Wildman–Crippen LogP) is 3.58. The second-order valence-corrected chi connectivity index (χ2v) is 8.53. The van der Waals surface area contributed by atoms with Crippen LogP contribution in [0.3, 0.4) is 0 Å². The van der Waals surface area contributed by atoms with Gasteiger partial charge in [-0.25, -0.2) is 8.42 Å². The number of carbonyl (C=O) groups excluding carboxylic acids is 1. The van der Waals surface area contributed by atoms with E-state index in [0.29, 0.717) is 11.3 Å². The van der Waals surface area contributed by atoms with Crippen molar-refractivity contribution >= 4 is 21.6 Å². The Hall–Kier alpha value is -2.34. The molecule has 0 saturated carbocycles. The minimum Gasteiger partial charge on any atom is -0.347 e. The van der Waals surface area contributed by atoms with E-state index in [1.807, 2.05) is 39.8 Å². The Morgan fingerprint density at radius 2 is 1.60 bits per heavy atom. The lowest BCUT2D eigenvalue weighted by Crippen LogP contribution is -2.40. The zero-order valence-electron chi connectivity index (χ0n) is 15.0. The zero-order chi connectivity index (χ0) is 18.7. The van der Waals surface area contributed by atoms with Crippen molar-refractivity contribution in [3.8, 4) is 0 Å². The van der Waals surface area contributed by atoms with Crippen LogP contribution in [0.2, 0.25) is 0 Å². The van der Waals surface area contributed by atoms with Crippen molar-refractivity contribution in [3.63, 3.8) is 0 Å². The van der Waals surface area contributed by atoms with Crippen LogP contribution in [0.15, 0.2) is 53.4 Å². The number of amides is 1. The number of anilines is 1. The number of nitrogens with one attached hydrogen (secondary N) is 2. The van der Waals surface area contributed by atoms with Gasteiger partial charge in [0.15, 0.2) is 0 Å². The molecule has 0 heterocycles. The first kappa shape index (κ1) is 19.0. The third-order valence-corrected chi connectivity index (χ3v) is 4.94. The van der Waals surface area contributed by atoms with E-state index in [1.54, 1.807) is 12.1 Å². The fourth-order valence-electron chi connectivity index (χ4n) is 2.33. The molecule has 2 aromatic carbocycles. The zero-order valence-corrected chi connectivity index (χ0v) is 15.8. The Morgan fingerprint density at radius 3 is 2.16 bits per heavy atom. The topological polar surface area (TPSA) is 75.3 Å². The van der Waals surface area contributed by atoms with Crippen molar-refractivity contribution in [3.05, 3.63) is 59.7 Å². The lowest BCUT2D eigenvalue weighted by Gasteiger charge is -2.20. The average Bonchev–Trinajstić information content (AvgIpc) is 2.53. The fraction of sp³-hybridized carbons (Fsp3) is 0.316. The largest absolute Gasteiger partial charge is 0.347 e. The third-order valence-electron chi connectivity index (χ3n) is 3.56. The van der Waals surface area contributed by atoms with E-state index in [2.05, 4.69) is 10.0 Å². The maximum absolute atomic E-state index is 12.6. The van der Waals surface area contributed by atoms with Crippen molar-refractivity contribution in [2.45, 2.75) is 44.6 Å². The highest BCUT2D eigenvalue weighted by Crippen LogP contribution is 2.21. The van der Waals surface area contributed by atoms with Gasteiger partial charge in [-0.1, -0.05) is 25.1 Å². The highest BCUT2D eigenvalue weighted by atomic mass is 32.2. The summed E-state index contributed by atoms with van der Waals surface area (Å²) in [5, 5.41) is 2.84. The summed E-state index contributed by atoms with van der Waals surface area (Å²) < 4.78 is 27.7. The minimum atomic E-state index is -3.71. The maximum atomic E-state index is 12.6. The molecule has 0 aliphatic heterocycles.